The van der Waals surface area contributed by atoms with Crippen molar-refractivity contribution in [3.8, 4) is 0 Å². The summed E-state index contributed by atoms with van der Waals surface area (Å²) in [5.41, 5.74) is 0.0709. The van der Waals surface area contributed by atoms with E-state index in [9.17, 15) is 5.11 Å². The fourth-order valence-electron chi connectivity index (χ4n) is 3.82. The lowest BCUT2D eigenvalue weighted by atomic mass is 9.84. The Hall–Kier alpha value is 0.230. The predicted molar refractivity (Wildman–Crippen MR) is 85.8 cm³/mol. The average Bonchev–Trinajstić information content (AvgIpc) is 2.41. The molecule has 0 radical (unpaired) electrons. The highest BCUT2D eigenvalue weighted by Crippen LogP contribution is 2.33. The van der Waals surface area contributed by atoms with Crippen molar-refractivity contribution >= 4 is 12.6 Å². The Labute approximate surface area is 129 Å². The number of likely N-dealkylation sites (tertiary alicyclic amines) is 1. The molecule has 0 bridgehead atoms. The van der Waals surface area contributed by atoms with Gasteiger partial charge in [-0.25, -0.2) is 0 Å². The van der Waals surface area contributed by atoms with Crippen molar-refractivity contribution < 1.29 is 9.84 Å². The molecular weight excluding hydrogens is 270 g/mol. The van der Waals surface area contributed by atoms with Crippen molar-refractivity contribution in [2.75, 3.05) is 19.7 Å². The zero-order chi connectivity index (χ0) is 14.7. The molecule has 5 atom stereocenters. The zero-order valence-corrected chi connectivity index (χ0v) is 14.1. The molecule has 4 heteroatoms. The van der Waals surface area contributed by atoms with Crippen molar-refractivity contribution in [3.05, 3.63) is 0 Å². The Kier molecular flexibility index (Phi) is 6.21. The van der Waals surface area contributed by atoms with Crippen LogP contribution < -0.4 is 0 Å². The predicted octanol–water partition coefficient (Wildman–Crippen LogP) is 2.99. The lowest BCUT2D eigenvalue weighted by Crippen LogP contribution is -2.49. The minimum absolute atomic E-state index is 0.0709. The van der Waals surface area contributed by atoms with E-state index < -0.39 is 0 Å². The SMILES string of the molecule is CC(C)C1CCCN(CC(C)C2CCCOC2S)C1O. The van der Waals surface area contributed by atoms with Crippen LogP contribution in [0.4, 0.5) is 0 Å². The van der Waals surface area contributed by atoms with Gasteiger partial charge in [0, 0.05) is 25.6 Å². The molecule has 2 rings (SSSR count). The van der Waals surface area contributed by atoms with Crippen LogP contribution in [0, 0.1) is 23.7 Å². The van der Waals surface area contributed by atoms with Crippen LogP contribution in [0.3, 0.4) is 0 Å². The van der Waals surface area contributed by atoms with Crippen LogP contribution in [0.15, 0.2) is 0 Å². The highest BCUT2D eigenvalue weighted by atomic mass is 32.1. The number of hydrogen-bond donors (Lipinski definition) is 2. The number of aliphatic hydroxyl groups is 1. The maximum absolute atomic E-state index is 10.6. The Morgan fingerprint density at radius 3 is 2.55 bits per heavy atom. The minimum Gasteiger partial charge on any atom is -0.378 e. The number of ether oxygens (including phenoxy) is 1. The number of nitrogens with zero attached hydrogens (tertiary/aromatic N) is 1. The quantitative estimate of drug-likeness (QED) is 0.783. The van der Waals surface area contributed by atoms with Gasteiger partial charge in [-0.2, -0.15) is 0 Å². The fourth-order valence-corrected chi connectivity index (χ4v) is 4.37. The van der Waals surface area contributed by atoms with E-state index in [1.165, 1.54) is 12.8 Å². The minimum atomic E-state index is -0.269. The van der Waals surface area contributed by atoms with Gasteiger partial charge in [0.2, 0.25) is 0 Å². The molecular formula is C16H31NO2S. The molecule has 2 fully saturated rings. The maximum atomic E-state index is 10.6. The Bertz CT molecular complexity index is 300. The first-order chi connectivity index (χ1) is 9.50. The van der Waals surface area contributed by atoms with E-state index in [0.717, 1.165) is 32.5 Å². The summed E-state index contributed by atoms with van der Waals surface area (Å²) >= 11 is 4.58. The molecule has 2 aliphatic heterocycles. The third kappa shape index (κ3) is 3.90. The maximum Gasteiger partial charge on any atom is 0.110 e. The van der Waals surface area contributed by atoms with Gasteiger partial charge in [0.05, 0.1) is 0 Å². The van der Waals surface area contributed by atoms with Gasteiger partial charge in [0.1, 0.15) is 11.7 Å². The van der Waals surface area contributed by atoms with E-state index in [-0.39, 0.29) is 11.7 Å². The van der Waals surface area contributed by atoms with Crippen molar-refractivity contribution in [2.45, 2.75) is 58.1 Å². The molecule has 2 heterocycles. The molecule has 3 nitrogen and oxygen atoms in total. The van der Waals surface area contributed by atoms with E-state index in [0.29, 0.717) is 23.7 Å². The number of thiol groups is 1. The zero-order valence-electron chi connectivity index (χ0n) is 13.2. The molecule has 0 aromatic rings. The second-order valence-corrected chi connectivity index (χ2v) is 7.51. The topological polar surface area (TPSA) is 32.7 Å². The third-order valence-electron chi connectivity index (χ3n) is 5.19. The lowest BCUT2D eigenvalue weighted by molar-refractivity contribution is -0.0931. The van der Waals surface area contributed by atoms with Crippen molar-refractivity contribution in [1.82, 2.24) is 4.90 Å². The number of hydrogen-bond acceptors (Lipinski definition) is 4. The highest BCUT2D eigenvalue weighted by molar-refractivity contribution is 7.80. The second-order valence-electron chi connectivity index (χ2n) is 7.00. The molecule has 118 valence electrons. The first-order valence-electron chi connectivity index (χ1n) is 8.22. The van der Waals surface area contributed by atoms with Gasteiger partial charge in [0.25, 0.3) is 0 Å². The van der Waals surface area contributed by atoms with E-state index in [1.54, 1.807) is 0 Å². The lowest BCUT2D eigenvalue weighted by Gasteiger charge is -2.43. The summed E-state index contributed by atoms with van der Waals surface area (Å²) in [4.78, 5) is 2.29. The molecule has 1 N–H and O–H groups in total. The van der Waals surface area contributed by atoms with Crippen molar-refractivity contribution in [3.63, 3.8) is 0 Å². The molecule has 2 aliphatic rings. The summed E-state index contributed by atoms with van der Waals surface area (Å²) in [5.74, 6) is 2.01. The van der Waals surface area contributed by atoms with E-state index in [1.807, 2.05) is 0 Å². The van der Waals surface area contributed by atoms with Gasteiger partial charge in [0.15, 0.2) is 0 Å². The van der Waals surface area contributed by atoms with Gasteiger partial charge >= 0.3 is 0 Å². The second kappa shape index (κ2) is 7.48. The summed E-state index contributed by atoms with van der Waals surface area (Å²) in [6.45, 7) is 9.57. The summed E-state index contributed by atoms with van der Waals surface area (Å²) in [5, 5.41) is 10.6. The normalized spacial score (nSPS) is 38.1. The van der Waals surface area contributed by atoms with Crippen LogP contribution in [0.2, 0.25) is 0 Å². The standard InChI is InChI=1S/C16H31NO2S/c1-11(2)13-6-4-8-17(15(13)18)10-12(3)14-7-5-9-19-16(14)20/h11-16,18,20H,4-10H2,1-3H3. The first-order valence-corrected chi connectivity index (χ1v) is 8.74. The molecule has 20 heavy (non-hydrogen) atoms. The van der Waals surface area contributed by atoms with Gasteiger partial charge in [-0.15, -0.1) is 12.6 Å². The smallest absolute Gasteiger partial charge is 0.110 e. The van der Waals surface area contributed by atoms with Crippen molar-refractivity contribution in [2.24, 2.45) is 23.7 Å². The third-order valence-corrected chi connectivity index (χ3v) is 5.72. The average molecular weight is 301 g/mol. The van der Waals surface area contributed by atoms with Crippen LogP contribution in [0.5, 0.6) is 0 Å². The summed E-state index contributed by atoms with van der Waals surface area (Å²) in [6, 6.07) is 0. The molecule has 0 amide bonds. The fraction of sp³-hybridized carbons (Fsp3) is 1.00. The molecule has 2 saturated heterocycles. The van der Waals surface area contributed by atoms with Crippen LogP contribution in [0.1, 0.15) is 46.5 Å². The van der Waals surface area contributed by atoms with E-state index in [2.05, 4.69) is 38.3 Å². The van der Waals surface area contributed by atoms with Gasteiger partial charge in [-0.1, -0.05) is 20.8 Å². The molecule has 0 aromatic heterocycles. The Morgan fingerprint density at radius 2 is 1.90 bits per heavy atom. The Morgan fingerprint density at radius 1 is 1.20 bits per heavy atom. The van der Waals surface area contributed by atoms with Crippen LogP contribution in [-0.2, 0) is 4.74 Å². The van der Waals surface area contributed by atoms with Crippen LogP contribution in [-0.4, -0.2) is 41.4 Å². The van der Waals surface area contributed by atoms with Crippen LogP contribution in [0.25, 0.3) is 0 Å². The molecule has 5 unspecified atom stereocenters. The molecule has 0 aliphatic carbocycles. The van der Waals surface area contributed by atoms with Gasteiger partial charge in [-0.3, -0.25) is 4.90 Å². The van der Waals surface area contributed by atoms with Gasteiger partial charge < -0.3 is 9.84 Å². The first kappa shape index (κ1) is 16.6. The number of aliphatic hydroxyl groups excluding tert-OH is 1. The van der Waals surface area contributed by atoms with Gasteiger partial charge in [-0.05, 0) is 43.4 Å². The highest BCUT2D eigenvalue weighted by Gasteiger charge is 2.35. The molecule has 0 aromatic carbocycles. The van der Waals surface area contributed by atoms with E-state index >= 15 is 0 Å². The number of rotatable bonds is 4. The number of piperidine rings is 1. The monoisotopic (exact) mass is 301 g/mol. The summed E-state index contributed by atoms with van der Waals surface area (Å²) in [6.07, 6.45) is 4.44. The summed E-state index contributed by atoms with van der Waals surface area (Å²) < 4.78 is 5.67. The molecule has 0 saturated carbocycles. The van der Waals surface area contributed by atoms with E-state index in [4.69, 9.17) is 4.74 Å². The largest absolute Gasteiger partial charge is 0.378 e. The summed E-state index contributed by atoms with van der Waals surface area (Å²) in [7, 11) is 0. The van der Waals surface area contributed by atoms with Crippen molar-refractivity contribution in [1.29, 1.82) is 0 Å². The van der Waals surface area contributed by atoms with Crippen LogP contribution >= 0.6 is 12.6 Å². The molecule has 0 spiro atoms. The Balaban J connectivity index is 1.91.